The molecule has 0 aromatic carbocycles. The highest BCUT2D eigenvalue weighted by Crippen LogP contribution is 2.38. The van der Waals surface area contributed by atoms with Gasteiger partial charge in [0.15, 0.2) is 0 Å². The molecule has 0 aromatic rings. The Morgan fingerprint density at radius 1 is 0.786 bits per heavy atom. The minimum Gasteiger partial charge on any atom is -0.381 e. The van der Waals surface area contributed by atoms with E-state index in [0.717, 1.165) is 11.8 Å². The van der Waals surface area contributed by atoms with Crippen LogP contribution in [0.3, 0.4) is 0 Å². The van der Waals surface area contributed by atoms with Gasteiger partial charge in [0, 0.05) is 7.11 Å². The maximum Gasteiger partial charge on any atom is 0.0574 e. The molecule has 0 aromatic heterocycles. The van der Waals surface area contributed by atoms with E-state index >= 15 is 0 Å². The minimum absolute atomic E-state index is 0.579. The normalized spacial score (nSPS) is 35.8. The molecule has 1 heteroatoms. The summed E-state index contributed by atoms with van der Waals surface area (Å²) in [6.45, 7) is 0. The van der Waals surface area contributed by atoms with Crippen molar-refractivity contribution >= 4 is 0 Å². The zero-order valence-corrected chi connectivity index (χ0v) is 9.50. The summed E-state index contributed by atoms with van der Waals surface area (Å²) in [6.07, 6.45) is 13.6. The predicted octanol–water partition coefficient (Wildman–Crippen LogP) is 3.77. The summed E-state index contributed by atoms with van der Waals surface area (Å²) in [5.41, 5.74) is 0. The van der Waals surface area contributed by atoms with E-state index in [2.05, 4.69) is 0 Å². The molecule has 2 atom stereocenters. The lowest BCUT2D eigenvalue weighted by Gasteiger charge is -2.35. The SMILES string of the molecule is COC1CCCC(C2CCCCC2)C1. The molecule has 2 aliphatic rings. The van der Waals surface area contributed by atoms with E-state index in [1.807, 2.05) is 7.11 Å². The Labute approximate surface area is 88.2 Å². The van der Waals surface area contributed by atoms with Crippen LogP contribution in [0.25, 0.3) is 0 Å². The van der Waals surface area contributed by atoms with E-state index in [0.29, 0.717) is 6.10 Å². The van der Waals surface area contributed by atoms with Crippen LogP contribution in [-0.2, 0) is 4.74 Å². The first kappa shape index (κ1) is 10.5. The van der Waals surface area contributed by atoms with E-state index < -0.39 is 0 Å². The van der Waals surface area contributed by atoms with Crippen LogP contribution in [-0.4, -0.2) is 13.2 Å². The van der Waals surface area contributed by atoms with Gasteiger partial charge in [0.1, 0.15) is 0 Å². The first-order valence-corrected chi connectivity index (χ1v) is 6.43. The lowest BCUT2D eigenvalue weighted by atomic mass is 9.73. The number of rotatable bonds is 2. The van der Waals surface area contributed by atoms with Gasteiger partial charge in [-0.1, -0.05) is 38.5 Å². The largest absolute Gasteiger partial charge is 0.381 e. The molecule has 0 spiro atoms. The Balaban J connectivity index is 1.83. The van der Waals surface area contributed by atoms with Crippen molar-refractivity contribution in [2.24, 2.45) is 11.8 Å². The van der Waals surface area contributed by atoms with Crippen LogP contribution in [0.15, 0.2) is 0 Å². The summed E-state index contributed by atoms with van der Waals surface area (Å²) < 4.78 is 5.51. The molecule has 0 N–H and O–H groups in total. The third-order valence-electron chi connectivity index (χ3n) is 4.32. The number of methoxy groups -OCH3 is 1. The first-order chi connectivity index (χ1) is 6.90. The maximum absolute atomic E-state index is 5.51. The van der Waals surface area contributed by atoms with Crippen LogP contribution in [0.1, 0.15) is 57.8 Å². The second-order valence-corrected chi connectivity index (χ2v) is 5.18. The summed E-state index contributed by atoms with van der Waals surface area (Å²) in [5.74, 6) is 2.04. The fourth-order valence-corrected chi connectivity index (χ4v) is 3.43. The highest BCUT2D eigenvalue weighted by molar-refractivity contribution is 4.80. The zero-order valence-electron chi connectivity index (χ0n) is 9.50. The molecule has 2 rings (SSSR count). The topological polar surface area (TPSA) is 9.23 Å². The molecule has 82 valence electrons. The molecule has 0 amide bonds. The third kappa shape index (κ3) is 2.50. The number of hydrogen-bond acceptors (Lipinski definition) is 1. The molecule has 2 aliphatic carbocycles. The van der Waals surface area contributed by atoms with Gasteiger partial charge in [0.2, 0.25) is 0 Å². The second kappa shape index (κ2) is 5.16. The summed E-state index contributed by atoms with van der Waals surface area (Å²) in [5, 5.41) is 0. The van der Waals surface area contributed by atoms with Crippen molar-refractivity contribution < 1.29 is 4.74 Å². The quantitative estimate of drug-likeness (QED) is 0.653. The molecule has 14 heavy (non-hydrogen) atoms. The fraction of sp³-hybridized carbons (Fsp3) is 1.00. The lowest BCUT2D eigenvalue weighted by Crippen LogP contribution is -2.28. The Kier molecular flexibility index (Phi) is 3.86. The van der Waals surface area contributed by atoms with Crippen LogP contribution in [0.4, 0.5) is 0 Å². The van der Waals surface area contributed by atoms with Crippen molar-refractivity contribution in [1.82, 2.24) is 0 Å². The Morgan fingerprint density at radius 2 is 1.50 bits per heavy atom. The monoisotopic (exact) mass is 196 g/mol. The fourth-order valence-electron chi connectivity index (χ4n) is 3.43. The molecule has 2 fully saturated rings. The van der Waals surface area contributed by atoms with Crippen molar-refractivity contribution in [1.29, 1.82) is 0 Å². The van der Waals surface area contributed by atoms with Crippen LogP contribution in [0.2, 0.25) is 0 Å². The van der Waals surface area contributed by atoms with Crippen molar-refractivity contribution in [3.63, 3.8) is 0 Å². The van der Waals surface area contributed by atoms with Crippen molar-refractivity contribution in [2.45, 2.75) is 63.9 Å². The summed E-state index contributed by atoms with van der Waals surface area (Å²) in [4.78, 5) is 0. The highest BCUT2D eigenvalue weighted by atomic mass is 16.5. The van der Waals surface area contributed by atoms with Crippen LogP contribution >= 0.6 is 0 Å². The molecule has 0 heterocycles. The zero-order chi connectivity index (χ0) is 9.80. The summed E-state index contributed by atoms with van der Waals surface area (Å²) in [6, 6.07) is 0. The second-order valence-electron chi connectivity index (χ2n) is 5.18. The van der Waals surface area contributed by atoms with Gasteiger partial charge in [-0.3, -0.25) is 0 Å². The van der Waals surface area contributed by atoms with Gasteiger partial charge < -0.3 is 4.74 Å². The van der Waals surface area contributed by atoms with Gasteiger partial charge in [-0.05, 0) is 31.1 Å². The predicted molar refractivity (Wildman–Crippen MR) is 59.3 cm³/mol. The van der Waals surface area contributed by atoms with Gasteiger partial charge in [-0.25, -0.2) is 0 Å². The molecule has 2 saturated carbocycles. The lowest BCUT2D eigenvalue weighted by molar-refractivity contribution is 0.0314. The van der Waals surface area contributed by atoms with Crippen molar-refractivity contribution in [2.75, 3.05) is 7.11 Å². The Hall–Kier alpha value is -0.0400. The summed E-state index contributed by atoms with van der Waals surface area (Å²) in [7, 11) is 1.88. The van der Waals surface area contributed by atoms with Crippen molar-refractivity contribution in [3.05, 3.63) is 0 Å². The molecule has 0 saturated heterocycles. The van der Waals surface area contributed by atoms with Gasteiger partial charge in [0.05, 0.1) is 6.10 Å². The molecular formula is C13H24O. The van der Waals surface area contributed by atoms with Crippen LogP contribution in [0.5, 0.6) is 0 Å². The van der Waals surface area contributed by atoms with Gasteiger partial charge in [-0.15, -0.1) is 0 Å². The first-order valence-electron chi connectivity index (χ1n) is 6.43. The van der Waals surface area contributed by atoms with E-state index in [1.54, 1.807) is 0 Å². The number of ether oxygens (including phenoxy) is 1. The van der Waals surface area contributed by atoms with E-state index in [1.165, 1.54) is 57.8 Å². The molecule has 2 unspecified atom stereocenters. The third-order valence-corrected chi connectivity index (χ3v) is 4.32. The van der Waals surface area contributed by atoms with Gasteiger partial charge in [-0.2, -0.15) is 0 Å². The average molecular weight is 196 g/mol. The Morgan fingerprint density at radius 3 is 2.21 bits per heavy atom. The molecule has 0 radical (unpaired) electrons. The summed E-state index contributed by atoms with van der Waals surface area (Å²) >= 11 is 0. The van der Waals surface area contributed by atoms with E-state index in [4.69, 9.17) is 4.74 Å². The van der Waals surface area contributed by atoms with E-state index in [-0.39, 0.29) is 0 Å². The van der Waals surface area contributed by atoms with Crippen LogP contribution in [0, 0.1) is 11.8 Å². The molecule has 1 nitrogen and oxygen atoms in total. The smallest absolute Gasteiger partial charge is 0.0574 e. The van der Waals surface area contributed by atoms with Gasteiger partial charge >= 0.3 is 0 Å². The van der Waals surface area contributed by atoms with Crippen molar-refractivity contribution in [3.8, 4) is 0 Å². The standard InChI is InChI=1S/C13H24O/c1-14-13-9-5-8-12(10-13)11-6-3-2-4-7-11/h11-13H,2-10H2,1H3. The highest BCUT2D eigenvalue weighted by Gasteiger charge is 2.28. The van der Waals surface area contributed by atoms with Crippen LogP contribution < -0.4 is 0 Å². The molecular weight excluding hydrogens is 172 g/mol. The molecule has 0 bridgehead atoms. The maximum atomic E-state index is 5.51. The average Bonchev–Trinajstić information content (AvgIpc) is 2.30. The number of hydrogen-bond donors (Lipinski definition) is 0. The molecule has 0 aliphatic heterocycles. The van der Waals surface area contributed by atoms with E-state index in [9.17, 15) is 0 Å². The van der Waals surface area contributed by atoms with Gasteiger partial charge in [0.25, 0.3) is 0 Å². The Bertz CT molecular complexity index is 161. The minimum atomic E-state index is 0.579.